The predicted octanol–water partition coefficient (Wildman–Crippen LogP) is 1.30. The van der Waals surface area contributed by atoms with Crippen LogP contribution in [0.25, 0.3) is 0 Å². The van der Waals surface area contributed by atoms with E-state index in [4.69, 9.17) is 5.84 Å². The maximum atomic E-state index is 11.1. The Morgan fingerprint density at radius 2 is 2.14 bits per heavy atom. The fourth-order valence-corrected chi connectivity index (χ4v) is 1.84. The molecule has 1 rings (SSSR count). The first-order valence-electron chi connectivity index (χ1n) is 4.40. The molecule has 1 aromatic rings. The molecule has 0 spiro atoms. The van der Waals surface area contributed by atoms with Crippen molar-refractivity contribution in [2.75, 3.05) is 0 Å². The summed E-state index contributed by atoms with van der Waals surface area (Å²) in [6, 6.07) is 10.0. The van der Waals surface area contributed by atoms with E-state index in [1.54, 1.807) is 11.8 Å². The fraction of sp³-hybridized carbons (Fsp3) is 0.300. The molecular weight excluding hydrogens is 196 g/mol. The Labute approximate surface area is 88.0 Å². The Morgan fingerprint density at radius 3 is 2.71 bits per heavy atom. The lowest BCUT2D eigenvalue weighted by molar-refractivity contribution is -0.120. The van der Waals surface area contributed by atoms with Gasteiger partial charge in [0.25, 0.3) is 0 Å². The molecule has 4 heteroatoms. The molecule has 0 saturated heterocycles. The van der Waals surface area contributed by atoms with E-state index in [2.05, 4.69) is 5.43 Å². The molecule has 1 atom stereocenters. The van der Waals surface area contributed by atoms with Crippen LogP contribution in [0.5, 0.6) is 0 Å². The number of rotatable bonds is 4. The summed E-state index contributed by atoms with van der Waals surface area (Å²) >= 11 is 1.57. The van der Waals surface area contributed by atoms with Crippen molar-refractivity contribution in [3.63, 3.8) is 0 Å². The molecule has 0 aliphatic heterocycles. The van der Waals surface area contributed by atoms with Crippen molar-refractivity contribution in [3.05, 3.63) is 35.9 Å². The summed E-state index contributed by atoms with van der Waals surface area (Å²) in [5.41, 5.74) is 3.36. The number of carbonyl (C=O) groups is 1. The number of benzene rings is 1. The summed E-state index contributed by atoms with van der Waals surface area (Å²) < 4.78 is 0. The molecule has 76 valence electrons. The van der Waals surface area contributed by atoms with Crippen LogP contribution < -0.4 is 11.3 Å². The minimum atomic E-state index is -0.133. The van der Waals surface area contributed by atoms with Crippen molar-refractivity contribution < 1.29 is 4.79 Å². The lowest BCUT2D eigenvalue weighted by Crippen LogP contribution is -2.36. The number of thioether (sulfide) groups is 1. The average Bonchev–Trinajstić information content (AvgIpc) is 2.26. The van der Waals surface area contributed by atoms with Crippen LogP contribution in [-0.4, -0.2) is 11.2 Å². The Balaban J connectivity index is 2.38. The first-order valence-corrected chi connectivity index (χ1v) is 5.45. The zero-order valence-corrected chi connectivity index (χ0v) is 8.88. The van der Waals surface area contributed by atoms with E-state index in [-0.39, 0.29) is 11.2 Å². The molecule has 0 radical (unpaired) electrons. The molecule has 0 aromatic heterocycles. The van der Waals surface area contributed by atoms with Crippen molar-refractivity contribution in [2.24, 2.45) is 5.84 Å². The minimum Gasteiger partial charge on any atom is -0.293 e. The largest absolute Gasteiger partial charge is 0.293 e. The third-order valence-electron chi connectivity index (χ3n) is 1.85. The van der Waals surface area contributed by atoms with Gasteiger partial charge in [0.05, 0.1) is 5.25 Å². The summed E-state index contributed by atoms with van der Waals surface area (Å²) in [6.45, 7) is 1.84. The van der Waals surface area contributed by atoms with Crippen LogP contribution in [0.3, 0.4) is 0 Å². The van der Waals surface area contributed by atoms with E-state index in [9.17, 15) is 4.79 Å². The van der Waals surface area contributed by atoms with Gasteiger partial charge in [-0.15, -0.1) is 11.8 Å². The van der Waals surface area contributed by atoms with Crippen LogP contribution in [0.15, 0.2) is 30.3 Å². The summed E-state index contributed by atoms with van der Waals surface area (Å²) in [6.07, 6.45) is 0. The number of amides is 1. The van der Waals surface area contributed by atoms with Gasteiger partial charge in [0, 0.05) is 5.75 Å². The van der Waals surface area contributed by atoms with E-state index < -0.39 is 0 Å². The number of hydrogen-bond acceptors (Lipinski definition) is 3. The van der Waals surface area contributed by atoms with Crippen molar-refractivity contribution in [3.8, 4) is 0 Å². The third kappa shape index (κ3) is 3.40. The molecule has 0 aliphatic rings. The third-order valence-corrected chi connectivity index (χ3v) is 3.07. The highest BCUT2D eigenvalue weighted by atomic mass is 32.2. The molecule has 3 nitrogen and oxygen atoms in total. The molecule has 0 heterocycles. The lowest BCUT2D eigenvalue weighted by Gasteiger charge is -2.08. The number of hydrogen-bond donors (Lipinski definition) is 2. The van der Waals surface area contributed by atoms with Crippen LogP contribution in [-0.2, 0) is 10.5 Å². The molecule has 0 saturated carbocycles. The fourth-order valence-electron chi connectivity index (χ4n) is 0.989. The second-order valence-corrected chi connectivity index (χ2v) is 4.28. The Bertz CT molecular complexity index is 289. The van der Waals surface area contributed by atoms with E-state index in [0.29, 0.717) is 0 Å². The molecule has 1 aromatic carbocycles. The van der Waals surface area contributed by atoms with Crippen LogP contribution in [0.2, 0.25) is 0 Å². The summed E-state index contributed by atoms with van der Waals surface area (Å²) in [5.74, 6) is 5.72. The van der Waals surface area contributed by atoms with Crippen LogP contribution in [0.1, 0.15) is 12.5 Å². The van der Waals surface area contributed by atoms with Gasteiger partial charge in [-0.2, -0.15) is 0 Å². The van der Waals surface area contributed by atoms with Gasteiger partial charge in [-0.05, 0) is 12.5 Å². The van der Waals surface area contributed by atoms with Gasteiger partial charge >= 0.3 is 0 Å². The molecule has 0 fully saturated rings. The quantitative estimate of drug-likeness (QED) is 0.447. The zero-order chi connectivity index (χ0) is 10.4. The van der Waals surface area contributed by atoms with Crippen LogP contribution >= 0.6 is 11.8 Å². The highest BCUT2D eigenvalue weighted by molar-refractivity contribution is 7.99. The Hall–Kier alpha value is -1.00. The maximum Gasteiger partial charge on any atom is 0.246 e. The molecule has 3 N–H and O–H groups in total. The molecule has 0 unspecified atom stereocenters. The first kappa shape index (κ1) is 11.1. The van der Waals surface area contributed by atoms with Gasteiger partial charge in [0.15, 0.2) is 0 Å². The highest BCUT2D eigenvalue weighted by Gasteiger charge is 2.10. The maximum absolute atomic E-state index is 11.1. The second kappa shape index (κ2) is 5.67. The van der Waals surface area contributed by atoms with E-state index in [1.807, 2.05) is 37.3 Å². The molecule has 0 bridgehead atoms. The van der Waals surface area contributed by atoms with Crippen LogP contribution in [0, 0.1) is 0 Å². The van der Waals surface area contributed by atoms with Crippen molar-refractivity contribution in [1.82, 2.24) is 5.43 Å². The van der Waals surface area contributed by atoms with Crippen LogP contribution in [0.4, 0.5) is 0 Å². The number of carbonyl (C=O) groups excluding carboxylic acids is 1. The second-order valence-electron chi connectivity index (χ2n) is 2.95. The van der Waals surface area contributed by atoms with E-state index >= 15 is 0 Å². The number of hydrazine groups is 1. The van der Waals surface area contributed by atoms with Gasteiger partial charge in [-0.1, -0.05) is 30.3 Å². The molecular formula is C10H14N2OS. The summed E-state index contributed by atoms with van der Waals surface area (Å²) in [7, 11) is 0. The van der Waals surface area contributed by atoms with Gasteiger partial charge in [-0.25, -0.2) is 5.84 Å². The standard InChI is InChI=1S/C10H14N2OS/c1-8(10(13)12-11)14-7-9-5-3-2-4-6-9/h2-6,8H,7,11H2,1H3,(H,12,13)/t8-/m1/s1. The average molecular weight is 210 g/mol. The molecule has 1 amide bonds. The zero-order valence-electron chi connectivity index (χ0n) is 8.07. The topological polar surface area (TPSA) is 55.1 Å². The van der Waals surface area contributed by atoms with Crippen molar-refractivity contribution in [2.45, 2.75) is 17.9 Å². The highest BCUT2D eigenvalue weighted by Crippen LogP contribution is 2.17. The summed E-state index contributed by atoms with van der Waals surface area (Å²) in [5, 5.41) is -0.111. The van der Waals surface area contributed by atoms with Gasteiger partial charge in [0.1, 0.15) is 0 Å². The molecule has 0 aliphatic carbocycles. The van der Waals surface area contributed by atoms with Gasteiger partial charge in [-0.3, -0.25) is 10.2 Å². The Kier molecular flexibility index (Phi) is 4.49. The lowest BCUT2D eigenvalue weighted by atomic mass is 10.2. The number of nitrogens with two attached hydrogens (primary N) is 1. The molecule has 14 heavy (non-hydrogen) atoms. The predicted molar refractivity (Wildman–Crippen MR) is 59.5 cm³/mol. The van der Waals surface area contributed by atoms with E-state index in [0.717, 1.165) is 5.75 Å². The minimum absolute atomic E-state index is 0.111. The SMILES string of the molecule is C[C@@H](SCc1ccccc1)C(=O)NN. The monoisotopic (exact) mass is 210 g/mol. The van der Waals surface area contributed by atoms with E-state index in [1.165, 1.54) is 5.56 Å². The van der Waals surface area contributed by atoms with Crippen molar-refractivity contribution in [1.29, 1.82) is 0 Å². The Morgan fingerprint density at radius 1 is 1.50 bits per heavy atom. The van der Waals surface area contributed by atoms with Crippen molar-refractivity contribution >= 4 is 17.7 Å². The first-order chi connectivity index (χ1) is 6.74. The smallest absolute Gasteiger partial charge is 0.246 e. The normalized spacial score (nSPS) is 12.1. The van der Waals surface area contributed by atoms with Gasteiger partial charge < -0.3 is 0 Å². The van der Waals surface area contributed by atoms with Gasteiger partial charge in [0.2, 0.25) is 5.91 Å². The summed E-state index contributed by atoms with van der Waals surface area (Å²) in [4.78, 5) is 11.1. The number of nitrogens with one attached hydrogen (secondary N) is 1.